The van der Waals surface area contributed by atoms with Crippen molar-refractivity contribution < 1.29 is 13.5 Å². The zero-order valence-electron chi connectivity index (χ0n) is 8.57. The number of aliphatic hydroxyl groups excluding tert-OH is 1. The molecule has 0 radical (unpaired) electrons. The van der Waals surface area contributed by atoms with Gasteiger partial charge in [-0.25, -0.2) is 13.1 Å². The molecule has 0 atom stereocenters. The van der Waals surface area contributed by atoms with Gasteiger partial charge in [0, 0.05) is 6.04 Å². The first-order valence-corrected chi connectivity index (χ1v) is 6.87. The number of rotatable bonds is 4. The monoisotopic (exact) mass is 221 g/mol. The fraction of sp³-hybridized carbons (Fsp3) is 1.00. The minimum absolute atomic E-state index is 0.0370. The molecule has 1 rings (SSSR count). The van der Waals surface area contributed by atoms with Gasteiger partial charge < -0.3 is 5.11 Å². The molecule has 0 spiro atoms. The molecule has 0 heterocycles. The van der Waals surface area contributed by atoms with Gasteiger partial charge in [0.25, 0.3) is 0 Å². The molecule has 14 heavy (non-hydrogen) atoms. The molecule has 0 unspecified atom stereocenters. The third-order valence-electron chi connectivity index (χ3n) is 2.52. The summed E-state index contributed by atoms with van der Waals surface area (Å²) in [4.78, 5) is 0. The predicted molar refractivity (Wildman–Crippen MR) is 55.5 cm³/mol. The summed E-state index contributed by atoms with van der Waals surface area (Å²) in [6.45, 7) is 1.85. The van der Waals surface area contributed by atoms with Gasteiger partial charge in [-0.3, -0.25) is 0 Å². The summed E-state index contributed by atoms with van der Waals surface area (Å²) in [5.74, 6) is 0.200. The van der Waals surface area contributed by atoms with Crippen LogP contribution in [-0.4, -0.2) is 31.4 Å². The Morgan fingerprint density at radius 1 is 1.29 bits per heavy atom. The molecule has 1 fully saturated rings. The van der Waals surface area contributed by atoms with E-state index in [0.29, 0.717) is 19.3 Å². The number of aliphatic hydroxyl groups is 1. The lowest BCUT2D eigenvalue weighted by molar-refractivity contribution is 0.120. The van der Waals surface area contributed by atoms with Gasteiger partial charge in [-0.1, -0.05) is 6.92 Å². The van der Waals surface area contributed by atoms with Crippen molar-refractivity contribution >= 4 is 10.0 Å². The third-order valence-corrected chi connectivity index (χ3v) is 4.15. The minimum Gasteiger partial charge on any atom is -0.393 e. The average molecular weight is 221 g/mol. The lowest BCUT2D eigenvalue weighted by Crippen LogP contribution is -2.39. The Morgan fingerprint density at radius 2 is 1.86 bits per heavy atom. The highest BCUT2D eigenvalue weighted by atomic mass is 32.2. The molecule has 0 aromatic heterocycles. The molecule has 0 saturated heterocycles. The Morgan fingerprint density at radius 3 is 2.36 bits per heavy atom. The summed E-state index contributed by atoms with van der Waals surface area (Å²) in [6.07, 6.45) is 3.33. The summed E-state index contributed by atoms with van der Waals surface area (Å²) < 4.78 is 25.5. The molecule has 1 aliphatic carbocycles. The van der Waals surface area contributed by atoms with Crippen molar-refractivity contribution in [2.24, 2.45) is 0 Å². The summed E-state index contributed by atoms with van der Waals surface area (Å²) in [5, 5.41) is 9.25. The van der Waals surface area contributed by atoms with Crippen molar-refractivity contribution in [1.29, 1.82) is 0 Å². The standard InChI is InChI=1S/C9H19NO3S/c1-2-7-14(12,13)10-8-3-5-9(11)6-4-8/h8-11H,2-7H2,1H3. The second-order valence-corrected chi connectivity index (χ2v) is 5.82. The van der Waals surface area contributed by atoms with Crippen molar-refractivity contribution in [2.75, 3.05) is 5.75 Å². The number of nitrogens with one attached hydrogen (secondary N) is 1. The Balaban J connectivity index is 2.37. The van der Waals surface area contributed by atoms with Gasteiger partial charge in [-0.2, -0.15) is 0 Å². The Kier molecular flexibility index (Phi) is 4.34. The molecule has 5 heteroatoms. The zero-order chi connectivity index (χ0) is 10.6. The second-order valence-electron chi connectivity index (χ2n) is 3.94. The van der Waals surface area contributed by atoms with E-state index in [9.17, 15) is 13.5 Å². The highest BCUT2D eigenvalue weighted by Gasteiger charge is 2.22. The first kappa shape index (κ1) is 11.9. The smallest absolute Gasteiger partial charge is 0.211 e. The highest BCUT2D eigenvalue weighted by Crippen LogP contribution is 2.18. The Labute approximate surface area is 85.8 Å². The molecular weight excluding hydrogens is 202 g/mol. The SMILES string of the molecule is CCCS(=O)(=O)NC1CCC(O)CC1. The largest absolute Gasteiger partial charge is 0.393 e. The average Bonchev–Trinajstić information content (AvgIpc) is 2.08. The maximum absolute atomic E-state index is 11.4. The van der Waals surface area contributed by atoms with Crippen LogP contribution in [0.25, 0.3) is 0 Å². The molecule has 2 N–H and O–H groups in total. The quantitative estimate of drug-likeness (QED) is 0.731. The minimum atomic E-state index is -3.08. The maximum Gasteiger partial charge on any atom is 0.211 e. The highest BCUT2D eigenvalue weighted by molar-refractivity contribution is 7.89. The lowest BCUT2D eigenvalue weighted by Gasteiger charge is -2.25. The van der Waals surface area contributed by atoms with Crippen LogP contribution < -0.4 is 4.72 Å². The maximum atomic E-state index is 11.4. The molecule has 0 aromatic carbocycles. The normalized spacial score (nSPS) is 29.0. The first-order valence-electron chi connectivity index (χ1n) is 5.21. The molecule has 4 nitrogen and oxygen atoms in total. The van der Waals surface area contributed by atoms with E-state index in [1.165, 1.54) is 0 Å². The van der Waals surface area contributed by atoms with Crippen LogP contribution in [0.2, 0.25) is 0 Å². The van der Waals surface area contributed by atoms with E-state index in [0.717, 1.165) is 12.8 Å². The fourth-order valence-corrected chi connectivity index (χ4v) is 3.17. The van der Waals surface area contributed by atoms with Crippen LogP contribution in [0, 0.1) is 0 Å². The van der Waals surface area contributed by atoms with E-state index in [-0.39, 0.29) is 17.9 Å². The van der Waals surface area contributed by atoms with Crippen molar-refractivity contribution in [1.82, 2.24) is 4.72 Å². The molecule has 84 valence electrons. The molecule has 0 aromatic rings. The Bertz CT molecular complexity index is 255. The van der Waals surface area contributed by atoms with E-state index in [1.54, 1.807) is 0 Å². The van der Waals surface area contributed by atoms with Crippen LogP contribution in [0.15, 0.2) is 0 Å². The van der Waals surface area contributed by atoms with Gasteiger partial charge in [0.05, 0.1) is 11.9 Å². The van der Waals surface area contributed by atoms with E-state index >= 15 is 0 Å². The van der Waals surface area contributed by atoms with Gasteiger partial charge in [-0.15, -0.1) is 0 Å². The van der Waals surface area contributed by atoms with Crippen molar-refractivity contribution in [3.63, 3.8) is 0 Å². The van der Waals surface area contributed by atoms with Crippen LogP contribution >= 0.6 is 0 Å². The van der Waals surface area contributed by atoms with Gasteiger partial charge in [0.15, 0.2) is 0 Å². The first-order chi connectivity index (χ1) is 6.53. The molecule has 0 aliphatic heterocycles. The van der Waals surface area contributed by atoms with E-state index in [4.69, 9.17) is 0 Å². The zero-order valence-corrected chi connectivity index (χ0v) is 9.39. The third kappa shape index (κ3) is 3.94. The van der Waals surface area contributed by atoms with Gasteiger partial charge in [0.1, 0.15) is 0 Å². The van der Waals surface area contributed by atoms with Crippen LogP contribution in [0.3, 0.4) is 0 Å². The molecule has 0 amide bonds. The summed E-state index contributed by atoms with van der Waals surface area (Å²) in [7, 11) is -3.08. The summed E-state index contributed by atoms with van der Waals surface area (Å²) in [6, 6.07) is 0.0370. The summed E-state index contributed by atoms with van der Waals surface area (Å²) >= 11 is 0. The number of sulfonamides is 1. The van der Waals surface area contributed by atoms with Crippen molar-refractivity contribution in [2.45, 2.75) is 51.2 Å². The molecular formula is C9H19NO3S. The van der Waals surface area contributed by atoms with Gasteiger partial charge in [0.2, 0.25) is 10.0 Å². The second kappa shape index (κ2) is 5.09. The van der Waals surface area contributed by atoms with Crippen molar-refractivity contribution in [3.8, 4) is 0 Å². The topological polar surface area (TPSA) is 66.4 Å². The molecule has 1 saturated carbocycles. The van der Waals surface area contributed by atoms with E-state index in [1.807, 2.05) is 6.92 Å². The van der Waals surface area contributed by atoms with Crippen LogP contribution in [-0.2, 0) is 10.0 Å². The lowest BCUT2D eigenvalue weighted by atomic mass is 9.94. The summed E-state index contributed by atoms with van der Waals surface area (Å²) in [5.41, 5.74) is 0. The van der Waals surface area contributed by atoms with Crippen molar-refractivity contribution in [3.05, 3.63) is 0 Å². The van der Waals surface area contributed by atoms with E-state index in [2.05, 4.69) is 4.72 Å². The number of hydrogen-bond acceptors (Lipinski definition) is 3. The Hall–Kier alpha value is -0.130. The number of hydrogen-bond donors (Lipinski definition) is 2. The van der Waals surface area contributed by atoms with Crippen LogP contribution in [0.1, 0.15) is 39.0 Å². The van der Waals surface area contributed by atoms with Gasteiger partial charge in [-0.05, 0) is 32.1 Å². The van der Waals surface area contributed by atoms with Crippen LogP contribution in [0.4, 0.5) is 0 Å². The van der Waals surface area contributed by atoms with Gasteiger partial charge >= 0.3 is 0 Å². The fourth-order valence-electron chi connectivity index (χ4n) is 1.78. The van der Waals surface area contributed by atoms with E-state index < -0.39 is 10.0 Å². The molecule has 0 bridgehead atoms. The predicted octanol–water partition coefficient (Wildman–Crippen LogP) is 0.619. The van der Waals surface area contributed by atoms with Crippen LogP contribution in [0.5, 0.6) is 0 Å². The molecule has 1 aliphatic rings.